The second-order valence-electron chi connectivity index (χ2n) is 5.91. The van der Waals surface area contributed by atoms with Crippen LogP contribution in [0.4, 0.5) is 0 Å². The van der Waals surface area contributed by atoms with Gasteiger partial charge in [-0.3, -0.25) is 4.79 Å². The Labute approximate surface area is 129 Å². The summed E-state index contributed by atoms with van der Waals surface area (Å²) < 4.78 is 10.8. The van der Waals surface area contributed by atoms with Gasteiger partial charge in [0.15, 0.2) is 0 Å². The predicted molar refractivity (Wildman–Crippen MR) is 84.4 cm³/mol. The number of nitrogens with one attached hydrogen (secondary N) is 1. The van der Waals surface area contributed by atoms with Crippen LogP contribution in [0.5, 0.6) is 0 Å². The Morgan fingerprint density at radius 3 is 2.43 bits per heavy atom. The number of piperidine rings is 1. The van der Waals surface area contributed by atoms with Crippen molar-refractivity contribution in [2.75, 3.05) is 32.8 Å². The third-order valence-corrected chi connectivity index (χ3v) is 3.78. The Bertz CT molecular complexity index is 289. The first-order valence-electron chi connectivity index (χ1n) is 8.33. The smallest absolute Gasteiger partial charge is 0.323 e. The molecule has 1 heterocycles. The Hall–Kier alpha value is -0.650. The van der Waals surface area contributed by atoms with E-state index in [0.717, 1.165) is 45.5 Å². The van der Waals surface area contributed by atoms with E-state index in [0.29, 0.717) is 12.7 Å². The molecule has 0 aromatic heterocycles. The molecule has 124 valence electrons. The molecular formula is C16H32N2O3. The highest BCUT2D eigenvalue weighted by atomic mass is 16.5. The minimum Gasteiger partial charge on any atom is -0.465 e. The number of esters is 1. The van der Waals surface area contributed by atoms with Crippen molar-refractivity contribution in [3.63, 3.8) is 0 Å². The van der Waals surface area contributed by atoms with E-state index >= 15 is 0 Å². The van der Waals surface area contributed by atoms with Crippen molar-refractivity contribution in [1.29, 1.82) is 0 Å². The van der Waals surface area contributed by atoms with Gasteiger partial charge < -0.3 is 19.7 Å². The second-order valence-corrected chi connectivity index (χ2v) is 5.91. The molecule has 0 bridgehead atoms. The molecule has 1 aliphatic rings. The first-order chi connectivity index (χ1) is 10.1. The van der Waals surface area contributed by atoms with Gasteiger partial charge in [0.2, 0.25) is 0 Å². The Kier molecular flexibility index (Phi) is 8.88. The van der Waals surface area contributed by atoms with Crippen molar-refractivity contribution in [2.24, 2.45) is 0 Å². The van der Waals surface area contributed by atoms with Crippen LogP contribution >= 0.6 is 0 Å². The van der Waals surface area contributed by atoms with Gasteiger partial charge in [-0.15, -0.1) is 0 Å². The van der Waals surface area contributed by atoms with Gasteiger partial charge in [-0.05, 0) is 33.1 Å². The molecule has 1 N–H and O–H groups in total. The molecule has 0 aromatic carbocycles. The van der Waals surface area contributed by atoms with Crippen LogP contribution in [0.1, 0.15) is 47.0 Å². The SMILES string of the molecule is CCOC(=O)C(CCN1CCC(OCC)CC1)NC(C)C. The number of rotatable bonds is 9. The van der Waals surface area contributed by atoms with Gasteiger partial charge in [0.25, 0.3) is 0 Å². The van der Waals surface area contributed by atoms with Gasteiger partial charge in [0, 0.05) is 32.3 Å². The largest absolute Gasteiger partial charge is 0.465 e. The van der Waals surface area contributed by atoms with E-state index in [9.17, 15) is 4.79 Å². The normalized spacial score (nSPS) is 18.9. The molecule has 0 aromatic rings. The fourth-order valence-corrected chi connectivity index (χ4v) is 2.76. The first-order valence-corrected chi connectivity index (χ1v) is 8.33. The zero-order valence-corrected chi connectivity index (χ0v) is 14.1. The maximum atomic E-state index is 12.0. The number of carbonyl (C=O) groups is 1. The van der Waals surface area contributed by atoms with Gasteiger partial charge in [-0.1, -0.05) is 13.8 Å². The lowest BCUT2D eigenvalue weighted by Gasteiger charge is -2.32. The zero-order valence-electron chi connectivity index (χ0n) is 14.1. The molecular weight excluding hydrogens is 268 g/mol. The number of carbonyl (C=O) groups excluding carboxylic acids is 1. The molecule has 1 aliphatic heterocycles. The molecule has 0 radical (unpaired) electrons. The van der Waals surface area contributed by atoms with E-state index in [2.05, 4.69) is 24.1 Å². The van der Waals surface area contributed by atoms with Crippen molar-refractivity contribution in [1.82, 2.24) is 10.2 Å². The average molecular weight is 300 g/mol. The maximum Gasteiger partial charge on any atom is 0.323 e. The van der Waals surface area contributed by atoms with E-state index in [4.69, 9.17) is 9.47 Å². The number of nitrogens with zero attached hydrogens (tertiary/aromatic N) is 1. The van der Waals surface area contributed by atoms with E-state index in [1.807, 2.05) is 13.8 Å². The summed E-state index contributed by atoms with van der Waals surface area (Å²) in [6.45, 7) is 12.3. The van der Waals surface area contributed by atoms with Crippen LogP contribution < -0.4 is 5.32 Å². The monoisotopic (exact) mass is 300 g/mol. The fraction of sp³-hybridized carbons (Fsp3) is 0.938. The Morgan fingerprint density at radius 2 is 1.90 bits per heavy atom. The minimum absolute atomic E-state index is 0.129. The number of ether oxygens (including phenoxy) is 2. The summed E-state index contributed by atoms with van der Waals surface area (Å²) in [4.78, 5) is 14.4. The van der Waals surface area contributed by atoms with Crippen molar-refractivity contribution >= 4 is 5.97 Å². The van der Waals surface area contributed by atoms with Crippen LogP contribution in [0.15, 0.2) is 0 Å². The molecule has 0 saturated carbocycles. The van der Waals surface area contributed by atoms with Crippen LogP contribution in [0.2, 0.25) is 0 Å². The van der Waals surface area contributed by atoms with Gasteiger partial charge in [0.1, 0.15) is 6.04 Å². The molecule has 0 spiro atoms. The van der Waals surface area contributed by atoms with E-state index in [-0.39, 0.29) is 18.1 Å². The fourth-order valence-electron chi connectivity index (χ4n) is 2.76. The van der Waals surface area contributed by atoms with Crippen LogP contribution in [0.3, 0.4) is 0 Å². The molecule has 1 rings (SSSR count). The van der Waals surface area contributed by atoms with E-state index in [1.54, 1.807) is 0 Å². The highest BCUT2D eigenvalue weighted by Gasteiger charge is 2.23. The van der Waals surface area contributed by atoms with Crippen LogP contribution in [-0.4, -0.2) is 61.9 Å². The van der Waals surface area contributed by atoms with Crippen molar-refractivity contribution in [2.45, 2.75) is 65.1 Å². The van der Waals surface area contributed by atoms with Crippen LogP contribution in [0.25, 0.3) is 0 Å². The third-order valence-electron chi connectivity index (χ3n) is 3.78. The topological polar surface area (TPSA) is 50.8 Å². The highest BCUT2D eigenvalue weighted by Crippen LogP contribution is 2.14. The molecule has 21 heavy (non-hydrogen) atoms. The summed E-state index contributed by atoms with van der Waals surface area (Å²) in [7, 11) is 0. The van der Waals surface area contributed by atoms with Gasteiger partial charge >= 0.3 is 5.97 Å². The standard InChI is InChI=1S/C16H32N2O3/c1-5-20-14-7-10-18(11-8-14)12-9-15(17-13(3)4)16(19)21-6-2/h13-15,17H,5-12H2,1-4H3. The summed E-state index contributed by atoms with van der Waals surface area (Å²) in [5, 5.41) is 3.31. The first kappa shape index (κ1) is 18.4. The van der Waals surface area contributed by atoms with Crippen molar-refractivity contribution < 1.29 is 14.3 Å². The molecule has 5 heteroatoms. The summed E-state index contributed by atoms with van der Waals surface area (Å²) in [5.41, 5.74) is 0. The molecule has 1 fully saturated rings. The Morgan fingerprint density at radius 1 is 1.24 bits per heavy atom. The molecule has 1 atom stereocenters. The zero-order chi connectivity index (χ0) is 15.7. The highest BCUT2D eigenvalue weighted by molar-refractivity contribution is 5.75. The van der Waals surface area contributed by atoms with Crippen LogP contribution in [-0.2, 0) is 14.3 Å². The van der Waals surface area contributed by atoms with Gasteiger partial charge in [0.05, 0.1) is 12.7 Å². The van der Waals surface area contributed by atoms with Crippen molar-refractivity contribution in [3.8, 4) is 0 Å². The predicted octanol–water partition coefficient (Wildman–Crippen LogP) is 1.81. The molecule has 1 unspecified atom stereocenters. The van der Waals surface area contributed by atoms with E-state index < -0.39 is 0 Å². The number of hydrogen-bond acceptors (Lipinski definition) is 5. The molecule has 5 nitrogen and oxygen atoms in total. The van der Waals surface area contributed by atoms with Gasteiger partial charge in [-0.2, -0.15) is 0 Å². The second kappa shape index (κ2) is 10.1. The summed E-state index contributed by atoms with van der Waals surface area (Å²) >= 11 is 0. The Balaban J connectivity index is 2.34. The summed E-state index contributed by atoms with van der Waals surface area (Å²) in [5.74, 6) is -0.129. The molecule has 0 amide bonds. The van der Waals surface area contributed by atoms with Crippen LogP contribution in [0, 0.1) is 0 Å². The quantitative estimate of drug-likeness (QED) is 0.658. The molecule has 1 saturated heterocycles. The summed E-state index contributed by atoms with van der Waals surface area (Å²) in [6.07, 6.45) is 3.40. The number of hydrogen-bond donors (Lipinski definition) is 1. The lowest BCUT2D eigenvalue weighted by atomic mass is 10.1. The van der Waals surface area contributed by atoms with E-state index in [1.165, 1.54) is 0 Å². The lowest BCUT2D eigenvalue weighted by molar-refractivity contribution is -0.146. The van der Waals surface area contributed by atoms with Crippen molar-refractivity contribution in [3.05, 3.63) is 0 Å². The average Bonchev–Trinajstić information content (AvgIpc) is 2.45. The number of likely N-dealkylation sites (tertiary alicyclic amines) is 1. The maximum absolute atomic E-state index is 12.0. The summed E-state index contributed by atoms with van der Waals surface area (Å²) in [6, 6.07) is 0.0812. The minimum atomic E-state index is -0.199. The van der Waals surface area contributed by atoms with Gasteiger partial charge in [-0.25, -0.2) is 0 Å². The lowest BCUT2D eigenvalue weighted by Crippen LogP contribution is -2.45. The third kappa shape index (κ3) is 7.25. The molecule has 0 aliphatic carbocycles.